The maximum atomic E-state index is 11.6. The molecule has 22 heavy (non-hydrogen) atoms. The highest BCUT2D eigenvalue weighted by Gasteiger charge is 2.22. The van der Waals surface area contributed by atoms with Crippen molar-refractivity contribution in [3.63, 3.8) is 0 Å². The molecular formula is C14H11N3O5. The number of nitro groups is 1. The Labute approximate surface area is 124 Å². The molecule has 1 aromatic heterocycles. The number of rotatable bonds is 4. The van der Waals surface area contributed by atoms with E-state index < -0.39 is 10.9 Å². The number of anilines is 2. The zero-order valence-corrected chi connectivity index (χ0v) is 11.5. The number of carbonyl (C=O) groups is 1. The first-order chi connectivity index (χ1) is 10.6. The van der Waals surface area contributed by atoms with Gasteiger partial charge in [0, 0.05) is 23.4 Å². The topological polar surface area (TPSA) is 104 Å². The molecule has 112 valence electrons. The minimum atomic E-state index is -0.545. The van der Waals surface area contributed by atoms with Gasteiger partial charge in [-0.25, -0.2) is 4.79 Å². The van der Waals surface area contributed by atoms with Crippen LogP contribution in [0, 0.1) is 10.1 Å². The van der Waals surface area contributed by atoms with Gasteiger partial charge in [-0.2, -0.15) is 4.98 Å². The maximum absolute atomic E-state index is 11.6. The molecule has 0 unspecified atom stereocenters. The largest absolute Gasteiger partial charge is 0.481 e. The van der Waals surface area contributed by atoms with E-state index in [1.165, 1.54) is 19.2 Å². The van der Waals surface area contributed by atoms with E-state index in [-0.39, 0.29) is 24.0 Å². The minimum absolute atomic E-state index is 0.0377. The predicted molar refractivity (Wildman–Crippen MR) is 76.3 cm³/mol. The van der Waals surface area contributed by atoms with E-state index in [9.17, 15) is 14.9 Å². The monoisotopic (exact) mass is 301 g/mol. The standard InChI is InChI=1S/C14H11N3O5/c1-21-12-5-4-11(17(19)20)13(16-12)15-9-3-2-8-7-22-14(18)10(8)6-9/h2-6H,7H2,1H3,(H,15,16). The number of fused-ring (bicyclic) bond motifs is 1. The number of cyclic esters (lactones) is 1. The summed E-state index contributed by atoms with van der Waals surface area (Å²) in [6, 6.07) is 7.72. The SMILES string of the molecule is COc1ccc([N+](=O)[O-])c(Nc2ccc3c(c2)C(=O)OC3)n1. The molecule has 2 aromatic rings. The quantitative estimate of drug-likeness (QED) is 0.525. The summed E-state index contributed by atoms with van der Waals surface area (Å²) >= 11 is 0. The van der Waals surface area contributed by atoms with Gasteiger partial charge in [-0.1, -0.05) is 6.07 Å². The molecule has 0 atom stereocenters. The Bertz CT molecular complexity index is 775. The average Bonchev–Trinajstić information content (AvgIpc) is 2.88. The van der Waals surface area contributed by atoms with Gasteiger partial charge in [-0.3, -0.25) is 10.1 Å². The van der Waals surface area contributed by atoms with E-state index in [0.29, 0.717) is 11.3 Å². The second kappa shape index (κ2) is 5.32. The zero-order valence-electron chi connectivity index (χ0n) is 11.5. The maximum Gasteiger partial charge on any atom is 0.338 e. The Morgan fingerprint density at radius 1 is 1.36 bits per heavy atom. The fourth-order valence-electron chi connectivity index (χ4n) is 2.11. The molecule has 0 fully saturated rings. The van der Waals surface area contributed by atoms with Gasteiger partial charge in [-0.05, 0) is 12.1 Å². The van der Waals surface area contributed by atoms with Crippen molar-refractivity contribution in [3.8, 4) is 5.88 Å². The number of hydrogen-bond acceptors (Lipinski definition) is 7. The highest BCUT2D eigenvalue weighted by atomic mass is 16.6. The average molecular weight is 301 g/mol. The summed E-state index contributed by atoms with van der Waals surface area (Å²) in [6.07, 6.45) is 0. The highest BCUT2D eigenvalue weighted by molar-refractivity contribution is 5.94. The molecule has 0 aliphatic carbocycles. The molecule has 1 N–H and O–H groups in total. The van der Waals surface area contributed by atoms with E-state index >= 15 is 0 Å². The molecule has 8 nitrogen and oxygen atoms in total. The number of ether oxygens (including phenoxy) is 2. The molecule has 0 amide bonds. The van der Waals surface area contributed by atoms with Crippen molar-refractivity contribution >= 4 is 23.2 Å². The Morgan fingerprint density at radius 2 is 2.18 bits per heavy atom. The van der Waals surface area contributed by atoms with Crippen LogP contribution in [0.2, 0.25) is 0 Å². The molecule has 3 rings (SSSR count). The van der Waals surface area contributed by atoms with Crippen molar-refractivity contribution in [2.24, 2.45) is 0 Å². The molecule has 0 bridgehead atoms. The smallest absolute Gasteiger partial charge is 0.338 e. The Morgan fingerprint density at radius 3 is 2.91 bits per heavy atom. The number of nitrogens with zero attached hydrogens (tertiary/aromatic N) is 2. The van der Waals surface area contributed by atoms with E-state index in [2.05, 4.69) is 10.3 Å². The van der Waals surface area contributed by atoms with Crippen molar-refractivity contribution in [3.05, 3.63) is 51.6 Å². The number of carbonyl (C=O) groups excluding carboxylic acids is 1. The van der Waals surface area contributed by atoms with Crippen LogP contribution >= 0.6 is 0 Å². The van der Waals surface area contributed by atoms with Gasteiger partial charge in [0.25, 0.3) is 0 Å². The Kier molecular flexibility index (Phi) is 3.34. The number of pyridine rings is 1. The second-order valence-corrected chi connectivity index (χ2v) is 4.55. The van der Waals surface area contributed by atoms with E-state index in [0.717, 1.165) is 5.56 Å². The number of methoxy groups -OCH3 is 1. The van der Waals surface area contributed by atoms with Gasteiger partial charge in [0.2, 0.25) is 11.7 Å². The molecule has 1 aromatic carbocycles. The molecule has 0 spiro atoms. The van der Waals surface area contributed by atoms with Crippen molar-refractivity contribution < 1.29 is 19.2 Å². The van der Waals surface area contributed by atoms with Crippen LogP contribution in [-0.2, 0) is 11.3 Å². The van der Waals surface area contributed by atoms with Gasteiger partial charge < -0.3 is 14.8 Å². The van der Waals surface area contributed by atoms with E-state index in [4.69, 9.17) is 9.47 Å². The number of benzene rings is 1. The van der Waals surface area contributed by atoms with Gasteiger partial charge in [0.05, 0.1) is 17.6 Å². The third kappa shape index (κ3) is 2.41. The van der Waals surface area contributed by atoms with Gasteiger partial charge in [0.1, 0.15) is 6.61 Å². The van der Waals surface area contributed by atoms with Crippen LogP contribution in [0.15, 0.2) is 30.3 Å². The first-order valence-corrected chi connectivity index (χ1v) is 6.35. The fourth-order valence-corrected chi connectivity index (χ4v) is 2.11. The summed E-state index contributed by atoms with van der Waals surface area (Å²) in [6.45, 7) is 0.242. The molecule has 0 saturated heterocycles. The summed E-state index contributed by atoms with van der Waals surface area (Å²) in [5.74, 6) is -0.129. The van der Waals surface area contributed by atoms with Crippen LogP contribution in [0.1, 0.15) is 15.9 Å². The van der Waals surface area contributed by atoms with E-state index in [1.54, 1.807) is 18.2 Å². The van der Waals surface area contributed by atoms with Gasteiger partial charge in [-0.15, -0.1) is 0 Å². The van der Waals surface area contributed by atoms with Crippen molar-refractivity contribution in [1.82, 2.24) is 4.98 Å². The Balaban J connectivity index is 1.97. The lowest BCUT2D eigenvalue weighted by Crippen LogP contribution is -2.02. The summed E-state index contributed by atoms with van der Waals surface area (Å²) in [5.41, 5.74) is 1.53. The third-order valence-corrected chi connectivity index (χ3v) is 3.21. The molecule has 1 aliphatic rings. The summed E-state index contributed by atoms with van der Waals surface area (Å²) in [4.78, 5) is 26.1. The molecule has 2 heterocycles. The summed E-state index contributed by atoms with van der Waals surface area (Å²) in [7, 11) is 1.42. The number of hydrogen-bond donors (Lipinski definition) is 1. The fraction of sp³-hybridized carbons (Fsp3) is 0.143. The first kappa shape index (κ1) is 13.8. The third-order valence-electron chi connectivity index (χ3n) is 3.21. The Hall–Kier alpha value is -3.16. The summed E-state index contributed by atoms with van der Waals surface area (Å²) < 4.78 is 9.89. The van der Waals surface area contributed by atoms with Gasteiger partial charge >= 0.3 is 11.7 Å². The first-order valence-electron chi connectivity index (χ1n) is 6.35. The number of esters is 1. The number of aromatic nitrogens is 1. The normalized spacial score (nSPS) is 12.5. The molecular weight excluding hydrogens is 290 g/mol. The number of nitrogens with one attached hydrogen (secondary N) is 1. The van der Waals surface area contributed by atoms with E-state index in [1.807, 2.05) is 0 Å². The van der Waals surface area contributed by atoms with Crippen LogP contribution in [-0.4, -0.2) is 23.0 Å². The lowest BCUT2D eigenvalue weighted by molar-refractivity contribution is -0.384. The minimum Gasteiger partial charge on any atom is -0.481 e. The van der Waals surface area contributed by atoms with Crippen LogP contribution in [0.3, 0.4) is 0 Å². The van der Waals surface area contributed by atoms with Crippen molar-refractivity contribution in [2.75, 3.05) is 12.4 Å². The highest BCUT2D eigenvalue weighted by Crippen LogP contribution is 2.30. The van der Waals surface area contributed by atoms with Crippen LogP contribution < -0.4 is 10.1 Å². The van der Waals surface area contributed by atoms with Crippen molar-refractivity contribution in [1.29, 1.82) is 0 Å². The lowest BCUT2D eigenvalue weighted by atomic mass is 10.1. The summed E-state index contributed by atoms with van der Waals surface area (Å²) in [5, 5.41) is 13.9. The van der Waals surface area contributed by atoms with Crippen molar-refractivity contribution in [2.45, 2.75) is 6.61 Å². The van der Waals surface area contributed by atoms with Crippen LogP contribution in [0.5, 0.6) is 5.88 Å². The van der Waals surface area contributed by atoms with Gasteiger partial charge in [0.15, 0.2) is 0 Å². The lowest BCUT2D eigenvalue weighted by Gasteiger charge is -2.08. The van der Waals surface area contributed by atoms with Crippen LogP contribution in [0.4, 0.5) is 17.2 Å². The molecule has 8 heteroatoms. The second-order valence-electron chi connectivity index (χ2n) is 4.55. The molecule has 1 aliphatic heterocycles. The molecule has 0 radical (unpaired) electrons. The molecule has 0 saturated carbocycles. The predicted octanol–water partition coefficient (Wildman–Crippen LogP) is 2.41. The van der Waals surface area contributed by atoms with Crippen LogP contribution in [0.25, 0.3) is 0 Å². The zero-order chi connectivity index (χ0) is 15.7.